The average Bonchev–Trinajstić information content (AvgIpc) is 3.18. The second-order valence-corrected chi connectivity index (χ2v) is 8.68. The Labute approximate surface area is 180 Å². The predicted molar refractivity (Wildman–Crippen MR) is 113 cm³/mol. The summed E-state index contributed by atoms with van der Waals surface area (Å²) in [6, 6.07) is 9.08. The number of alkyl halides is 3. The van der Waals surface area contributed by atoms with Gasteiger partial charge in [0.1, 0.15) is 11.5 Å². The standard InChI is InChI=1S/C22H21F4N3OS/c23-14-9-19(31-12-14)21(30)28-15-7-5-13(6-8-15)11-27-18-10-20(22(24,25)26)29-17-4-2-1-3-16(17)18/h1-4,9-10,12-13,15H,5-8,11H2,(H,27,29)(H,28,30)/t13-,15+. The van der Waals surface area contributed by atoms with E-state index in [0.29, 0.717) is 28.0 Å². The van der Waals surface area contributed by atoms with Crippen LogP contribution >= 0.6 is 11.3 Å². The second kappa shape index (κ2) is 8.82. The van der Waals surface area contributed by atoms with Gasteiger partial charge in [0.15, 0.2) is 0 Å². The molecule has 1 saturated carbocycles. The summed E-state index contributed by atoms with van der Waals surface area (Å²) < 4.78 is 52.7. The number of halogens is 4. The lowest BCUT2D eigenvalue weighted by molar-refractivity contribution is -0.140. The highest BCUT2D eigenvalue weighted by Crippen LogP contribution is 2.33. The number of nitrogens with one attached hydrogen (secondary N) is 2. The average molecular weight is 451 g/mol. The molecule has 1 amide bonds. The van der Waals surface area contributed by atoms with Gasteiger partial charge in [-0.05, 0) is 49.8 Å². The number of thiophene rings is 1. The summed E-state index contributed by atoms with van der Waals surface area (Å²) in [6.07, 6.45) is -1.28. The molecular formula is C22H21F4N3OS. The number of amides is 1. The summed E-state index contributed by atoms with van der Waals surface area (Å²) in [5.74, 6) is -0.394. The smallest absolute Gasteiger partial charge is 0.384 e. The van der Waals surface area contributed by atoms with Crippen molar-refractivity contribution >= 4 is 33.8 Å². The molecule has 0 unspecified atom stereocenters. The normalized spacial score (nSPS) is 19.4. The molecule has 0 atom stereocenters. The summed E-state index contributed by atoms with van der Waals surface area (Å²) in [5, 5.41) is 8.08. The van der Waals surface area contributed by atoms with Crippen molar-refractivity contribution in [3.05, 3.63) is 58.2 Å². The van der Waals surface area contributed by atoms with E-state index in [0.717, 1.165) is 43.1 Å². The fraction of sp³-hybridized carbons (Fsp3) is 0.364. The molecule has 1 aromatic carbocycles. The molecule has 1 aliphatic rings. The molecule has 9 heteroatoms. The van der Waals surface area contributed by atoms with Gasteiger partial charge in [-0.25, -0.2) is 9.37 Å². The fourth-order valence-corrected chi connectivity index (χ4v) is 4.57. The highest BCUT2D eigenvalue weighted by Gasteiger charge is 2.33. The van der Waals surface area contributed by atoms with Crippen molar-refractivity contribution in [2.45, 2.75) is 37.9 Å². The van der Waals surface area contributed by atoms with E-state index in [1.54, 1.807) is 24.3 Å². The summed E-state index contributed by atoms with van der Waals surface area (Å²) >= 11 is 1.07. The van der Waals surface area contributed by atoms with Gasteiger partial charge >= 0.3 is 6.18 Å². The zero-order valence-electron chi connectivity index (χ0n) is 16.5. The number of benzene rings is 1. The van der Waals surface area contributed by atoms with Crippen LogP contribution in [0.1, 0.15) is 41.0 Å². The van der Waals surface area contributed by atoms with Crippen LogP contribution in [0.2, 0.25) is 0 Å². The molecule has 164 valence electrons. The first kappa shape index (κ1) is 21.5. The minimum atomic E-state index is -4.51. The Morgan fingerprint density at radius 2 is 1.87 bits per heavy atom. The van der Waals surface area contributed by atoms with Gasteiger partial charge in [0.2, 0.25) is 0 Å². The number of aromatic nitrogens is 1. The van der Waals surface area contributed by atoms with E-state index in [4.69, 9.17) is 0 Å². The Hall–Kier alpha value is -2.68. The van der Waals surface area contributed by atoms with Crippen molar-refractivity contribution in [1.82, 2.24) is 10.3 Å². The first-order valence-corrected chi connectivity index (χ1v) is 10.9. The molecule has 2 heterocycles. The molecule has 4 nitrogen and oxygen atoms in total. The van der Waals surface area contributed by atoms with Crippen LogP contribution in [-0.2, 0) is 6.18 Å². The SMILES string of the molecule is O=C(N[C@H]1CC[C@@H](CNc2cc(C(F)(F)F)nc3ccccc23)CC1)c1cc(F)cs1. The Morgan fingerprint density at radius 3 is 2.55 bits per heavy atom. The van der Waals surface area contributed by atoms with Crippen molar-refractivity contribution in [3.63, 3.8) is 0 Å². The fourth-order valence-electron chi connectivity index (χ4n) is 3.92. The van der Waals surface area contributed by atoms with Gasteiger partial charge in [-0.3, -0.25) is 4.79 Å². The lowest BCUT2D eigenvalue weighted by Gasteiger charge is -2.29. The van der Waals surface area contributed by atoms with Crippen molar-refractivity contribution in [1.29, 1.82) is 0 Å². The van der Waals surface area contributed by atoms with Gasteiger partial charge in [0.05, 0.1) is 10.4 Å². The summed E-state index contributed by atoms with van der Waals surface area (Å²) in [4.78, 5) is 16.3. The van der Waals surface area contributed by atoms with Crippen molar-refractivity contribution in [3.8, 4) is 0 Å². The number of fused-ring (bicyclic) bond motifs is 1. The number of rotatable bonds is 5. The number of carbonyl (C=O) groups excluding carboxylic acids is 1. The quantitative estimate of drug-likeness (QED) is 0.478. The molecule has 31 heavy (non-hydrogen) atoms. The maximum Gasteiger partial charge on any atom is 0.433 e. The number of hydrogen-bond acceptors (Lipinski definition) is 4. The molecule has 0 aliphatic heterocycles. The molecular weight excluding hydrogens is 430 g/mol. The van der Waals surface area contributed by atoms with Gasteiger partial charge in [-0.1, -0.05) is 18.2 Å². The Morgan fingerprint density at radius 1 is 1.13 bits per heavy atom. The van der Waals surface area contributed by atoms with Crippen LogP contribution < -0.4 is 10.6 Å². The molecule has 1 aliphatic carbocycles. The lowest BCUT2D eigenvalue weighted by Crippen LogP contribution is -2.38. The first-order valence-electron chi connectivity index (χ1n) is 10.1. The number of anilines is 1. The Kier molecular flexibility index (Phi) is 6.13. The summed E-state index contributed by atoms with van der Waals surface area (Å²) in [7, 11) is 0. The molecule has 0 radical (unpaired) electrons. The van der Waals surface area contributed by atoms with E-state index in [-0.39, 0.29) is 17.9 Å². The molecule has 4 rings (SSSR count). The van der Waals surface area contributed by atoms with E-state index in [1.807, 2.05) is 0 Å². The lowest BCUT2D eigenvalue weighted by atomic mass is 9.86. The van der Waals surface area contributed by atoms with Crippen LogP contribution in [0.3, 0.4) is 0 Å². The Balaban J connectivity index is 1.35. The highest BCUT2D eigenvalue weighted by atomic mass is 32.1. The molecule has 0 saturated heterocycles. The molecule has 2 N–H and O–H groups in total. The molecule has 0 spiro atoms. The van der Waals surface area contributed by atoms with Crippen LogP contribution in [0.5, 0.6) is 0 Å². The zero-order valence-corrected chi connectivity index (χ0v) is 17.3. The number of pyridine rings is 1. The second-order valence-electron chi connectivity index (χ2n) is 7.77. The molecule has 2 aromatic heterocycles. The van der Waals surface area contributed by atoms with Gasteiger partial charge in [0, 0.05) is 29.0 Å². The monoisotopic (exact) mass is 451 g/mol. The van der Waals surface area contributed by atoms with Gasteiger partial charge in [0.25, 0.3) is 5.91 Å². The third-order valence-corrected chi connectivity index (χ3v) is 6.46. The van der Waals surface area contributed by atoms with Crippen LogP contribution in [0.25, 0.3) is 10.9 Å². The zero-order chi connectivity index (χ0) is 22.0. The maximum atomic E-state index is 13.2. The number of nitrogens with zero attached hydrogens (tertiary/aromatic N) is 1. The minimum absolute atomic E-state index is 0.0208. The third-order valence-electron chi connectivity index (χ3n) is 5.56. The van der Waals surface area contributed by atoms with E-state index in [1.165, 1.54) is 11.4 Å². The van der Waals surface area contributed by atoms with Crippen LogP contribution in [0.15, 0.2) is 41.8 Å². The van der Waals surface area contributed by atoms with Crippen LogP contribution in [0.4, 0.5) is 23.2 Å². The Bertz CT molecular complexity index is 1070. The number of hydrogen-bond donors (Lipinski definition) is 2. The van der Waals surface area contributed by atoms with Gasteiger partial charge < -0.3 is 10.6 Å². The first-order chi connectivity index (χ1) is 14.8. The number of para-hydroxylation sites is 1. The molecule has 3 aromatic rings. The van der Waals surface area contributed by atoms with Crippen molar-refractivity contribution in [2.24, 2.45) is 5.92 Å². The third kappa shape index (κ3) is 5.15. The van der Waals surface area contributed by atoms with Crippen LogP contribution in [-0.4, -0.2) is 23.5 Å². The summed E-state index contributed by atoms with van der Waals surface area (Å²) in [5.41, 5.74) is -0.186. The molecule has 1 fully saturated rings. The van der Waals surface area contributed by atoms with Crippen LogP contribution in [0, 0.1) is 11.7 Å². The molecule has 0 bridgehead atoms. The minimum Gasteiger partial charge on any atom is -0.384 e. The van der Waals surface area contributed by atoms with E-state index < -0.39 is 17.7 Å². The van der Waals surface area contributed by atoms with Gasteiger partial charge in [-0.2, -0.15) is 13.2 Å². The van der Waals surface area contributed by atoms with E-state index >= 15 is 0 Å². The maximum absolute atomic E-state index is 13.2. The van der Waals surface area contributed by atoms with Crippen molar-refractivity contribution < 1.29 is 22.4 Å². The summed E-state index contributed by atoms with van der Waals surface area (Å²) in [6.45, 7) is 0.544. The van der Waals surface area contributed by atoms with Crippen molar-refractivity contribution in [2.75, 3.05) is 11.9 Å². The van der Waals surface area contributed by atoms with E-state index in [2.05, 4.69) is 15.6 Å². The largest absolute Gasteiger partial charge is 0.433 e. The predicted octanol–water partition coefficient (Wildman–Crippen LogP) is 5.85. The van der Waals surface area contributed by atoms with E-state index in [9.17, 15) is 22.4 Å². The topological polar surface area (TPSA) is 54.0 Å². The highest BCUT2D eigenvalue weighted by molar-refractivity contribution is 7.12. The van der Waals surface area contributed by atoms with Gasteiger partial charge in [-0.15, -0.1) is 11.3 Å². The number of carbonyl (C=O) groups is 1.